The molecule has 1 aliphatic heterocycles. The summed E-state index contributed by atoms with van der Waals surface area (Å²) < 4.78 is 44.3. The van der Waals surface area contributed by atoms with Crippen LogP contribution < -0.4 is 5.32 Å². The fourth-order valence-electron chi connectivity index (χ4n) is 2.93. The second kappa shape index (κ2) is 8.12. The average molecular weight is 447 g/mol. The Balaban J connectivity index is 1.52. The van der Waals surface area contributed by atoms with Crippen LogP contribution in [0.1, 0.15) is 36.0 Å². The number of rotatable bonds is 6. The summed E-state index contributed by atoms with van der Waals surface area (Å²) in [6.45, 7) is 1.61. The van der Waals surface area contributed by atoms with Gasteiger partial charge in [0.15, 0.2) is 5.82 Å². The van der Waals surface area contributed by atoms with Gasteiger partial charge in [0.2, 0.25) is 15.9 Å². The Morgan fingerprint density at radius 2 is 2.08 bits per heavy atom. The Labute approximate surface area is 160 Å². The molecule has 1 aromatic heterocycles. The fraction of sp³-hybridized carbons (Fsp3) is 0.500. The van der Waals surface area contributed by atoms with Crippen LogP contribution in [0.15, 0.2) is 27.2 Å². The first kappa shape index (κ1) is 19.4. The van der Waals surface area contributed by atoms with Gasteiger partial charge in [0, 0.05) is 35.6 Å². The van der Waals surface area contributed by atoms with Gasteiger partial charge in [-0.1, -0.05) is 21.1 Å². The molecule has 1 N–H and O–H groups in total. The van der Waals surface area contributed by atoms with Crippen LogP contribution in [0.25, 0.3) is 0 Å². The van der Waals surface area contributed by atoms with Gasteiger partial charge in [0.05, 0.1) is 12.8 Å². The predicted molar refractivity (Wildman–Crippen MR) is 97.3 cm³/mol. The van der Waals surface area contributed by atoms with E-state index in [9.17, 15) is 12.8 Å². The van der Waals surface area contributed by atoms with Crippen molar-refractivity contribution >= 4 is 26.0 Å². The van der Waals surface area contributed by atoms with Crippen LogP contribution in [0.2, 0.25) is 0 Å². The van der Waals surface area contributed by atoms with Crippen LogP contribution in [0.3, 0.4) is 0 Å². The summed E-state index contributed by atoms with van der Waals surface area (Å²) >= 11 is 3.32. The van der Waals surface area contributed by atoms with Crippen LogP contribution in [-0.4, -0.2) is 42.2 Å². The minimum atomic E-state index is -3.15. The highest BCUT2D eigenvalue weighted by molar-refractivity contribution is 9.10. The number of nitrogens with zero attached hydrogens (tertiary/aromatic N) is 3. The first-order chi connectivity index (χ1) is 12.3. The maximum absolute atomic E-state index is 13.7. The number of hydrogen-bond acceptors (Lipinski definition) is 6. The molecule has 0 saturated carbocycles. The third-order valence-corrected chi connectivity index (χ3v) is 6.17. The van der Waals surface area contributed by atoms with Gasteiger partial charge in [0.1, 0.15) is 5.82 Å². The molecule has 7 nitrogen and oxygen atoms in total. The highest BCUT2D eigenvalue weighted by Crippen LogP contribution is 2.27. The van der Waals surface area contributed by atoms with Crippen molar-refractivity contribution in [1.82, 2.24) is 19.8 Å². The van der Waals surface area contributed by atoms with E-state index in [1.54, 1.807) is 12.1 Å². The molecule has 1 saturated heterocycles. The van der Waals surface area contributed by atoms with E-state index in [0.29, 0.717) is 56.3 Å². The highest BCUT2D eigenvalue weighted by Gasteiger charge is 2.28. The van der Waals surface area contributed by atoms with Gasteiger partial charge < -0.3 is 9.84 Å². The lowest BCUT2D eigenvalue weighted by molar-refractivity contribution is 0.306. The maximum Gasteiger partial charge on any atom is 0.240 e. The number of benzene rings is 1. The Kier molecular flexibility index (Phi) is 6.06. The first-order valence-electron chi connectivity index (χ1n) is 8.25. The van der Waals surface area contributed by atoms with E-state index in [0.717, 1.165) is 4.47 Å². The number of piperidine rings is 1. The van der Waals surface area contributed by atoms with Crippen LogP contribution in [0.4, 0.5) is 4.39 Å². The molecule has 10 heteroatoms. The van der Waals surface area contributed by atoms with Crippen molar-refractivity contribution in [3.8, 4) is 0 Å². The Bertz CT molecular complexity index is 866. The van der Waals surface area contributed by atoms with Gasteiger partial charge >= 0.3 is 0 Å². The monoisotopic (exact) mass is 446 g/mol. The molecule has 3 rings (SSSR count). The predicted octanol–water partition coefficient (Wildman–Crippen LogP) is 2.40. The Morgan fingerprint density at radius 3 is 2.77 bits per heavy atom. The zero-order valence-corrected chi connectivity index (χ0v) is 16.7. The van der Waals surface area contributed by atoms with Gasteiger partial charge in [-0.05, 0) is 31.0 Å². The summed E-state index contributed by atoms with van der Waals surface area (Å²) in [5, 5.41) is 7.09. The lowest BCUT2D eigenvalue weighted by atomic mass is 9.98. The molecular formula is C16H20BrFN4O3S. The zero-order chi connectivity index (χ0) is 18.7. The van der Waals surface area contributed by atoms with Crippen molar-refractivity contribution in [2.75, 3.05) is 19.3 Å². The minimum Gasteiger partial charge on any atom is -0.338 e. The highest BCUT2D eigenvalue weighted by atomic mass is 79.9. The lowest BCUT2D eigenvalue weighted by Crippen LogP contribution is -2.37. The third kappa shape index (κ3) is 4.87. The second-order valence-corrected chi connectivity index (χ2v) is 9.22. The summed E-state index contributed by atoms with van der Waals surface area (Å²) in [6.07, 6.45) is 2.56. The molecule has 2 aromatic rings. The standard InChI is InChI=1S/C16H20BrFN4O3S/c1-26(23,24)22-6-4-11(5-7-22)16-20-15(25-21-16)10-19-9-12-8-13(17)2-3-14(12)18/h2-3,8,11,19H,4-7,9-10H2,1H3. The molecular weight excluding hydrogens is 427 g/mol. The second-order valence-electron chi connectivity index (χ2n) is 6.32. The van der Waals surface area contributed by atoms with Crippen molar-refractivity contribution in [2.24, 2.45) is 0 Å². The molecule has 142 valence electrons. The summed E-state index contributed by atoms with van der Waals surface area (Å²) in [7, 11) is -3.15. The minimum absolute atomic E-state index is 0.0908. The van der Waals surface area contributed by atoms with Gasteiger partial charge in [-0.25, -0.2) is 17.1 Å². The molecule has 0 radical (unpaired) electrons. The molecule has 1 aromatic carbocycles. The van der Waals surface area contributed by atoms with Crippen molar-refractivity contribution in [1.29, 1.82) is 0 Å². The number of hydrogen-bond donors (Lipinski definition) is 1. The summed E-state index contributed by atoms with van der Waals surface area (Å²) in [6, 6.07) is 4.78. The largest absolute Gasteiger partial charge is 0.338 e. The van der Waals surface area contributed by atoms with Crippen LogP contribution in [-0.2, 0) is 23.1 Å². The molecule has 1 aliphatic rings. The van der Waals surface area contributed by atoms with Crippen molar-refractivity contribution in [3.05, 3.63) is 45.8 Å². The normalized spacial score (nSPS) is 16.9. The van der Waals surface area contributed by atoms with Crippen molar-refractivity contribution in [2.45, 2.75) is 31.8 Å². The molecule has 2 heterocycles. The van der Waals surface area contributed by atoms with Gasteiger partial charge in [-0.2, -0.15) is 4.98 Å². The molecule has 0 bridgehead atoms. The molecule has 26 heavy (non-hydrogen) atoms. The van der Waals surface area contributed by atoms with E-state index in [1.165, 1.54) is 16.6 Å². The maximum atomic E-state index is 13.7. The van der Waals surface area contributed by atoms with Gasteiger partial charge in [0.25, 0.3) is 0 Å². The lowest BCUT2D eigenvalue weighted by Gasteiger charge is -2.28. The van der Waals surface area contributed by atoms with E-state index in [1.807, 2.05) is 0 Å². The van der Waals surface area contributed by atoms with E-state index in [-0.39, 0.29) is 11.7 Å². The number of halogens is 2. The molecule has 0 aliphatic carbocycles. The van der Waals surface area contributed by atoms with Crippen molar-refractivity contribution < 1.29 is 17.3 Å². The third-order valence-electron chi connectivity index (χ3n) is 4.37. The van der Waals surface area contributed by atoms with Gasteiger partial charge in [-0.15, -0.1) is 0 Å². The van der Waals surface area contributed by atoms with Crippen LogP contribution in [0, 0.1) is 5.82 Å². The number of nitrogens with one attached hydrogen (secondary N) is 1. The summed E-state index contributed by atoms with van der Waals surface area (Å²) in [5.41, 5.74) is 0.548. The van der Waals surface area contributed by atoms with Crippen molar-refractivity contribution in [3.63, 3.8) is 0 Å². The fourth-order valence-corrected chi connectivity index (χ4v) is 4.22. The first-order valence-corrected chi connectivity index (χ1v) is 10.9. The quantitative estimate of drug-likeness (QED) is 0.732. The number of aromatic nitrogens is 2. The van der Waals surface area contributed by atoms with E-state index < -0.39 is 10.0 Å². The van der Waals surface area contributed by atoms with Crippen LogP contribution in [0.5, 0.6) is 0 Å². The van der Waals surface area contributed by atoms with Gasteiger partial charge in [-0.3, -0.25) is 0 Å². The molecule has 0 spiro atoms. The average Bonchev–Trinajstić information content (AvgIpc) is 3.06. The smallest absolute Gasteiger partial charge is 0.240 e. The number of sulfonamides is 1. The molecule has 0 atom stereocenters. The molecule has 0 amide bonds. The summed E-state index contributed by atoms with van der Waals surface area (Å²) in [4.78, 5) is 4.38. The molecule has 1 fully saturated rings. The van der Waals surface area contributed by atoms with E-state index in [4.69, 9.17) is 4.52 Å². The van der Waals surface area contributed by atoms with Crippen LogP contribution >= 0.6 is 15.9 Å². The Hall–Kier alpha value is -1.36. The molecule has 0 unspecified atom stereocenters. The zero-order valence-electron chi connectivity index (χ0n) is 14.3. The van der Waals surface area contributed by atoms with E-state index >= 15 is 0 Å². The topological polar surface area (TPSA) is 88.3 Å². The van der Waals surface area contributed by atoms with E-state index in [2.05, 4.69) is 31.4 Å². The SMILES string of the molecule is CS(=O)(=O)N1CCC(c2noc(CNCc3cc(Br)ccc3F)n2)CC1. The summed E-state index contributed by atoms with van der Waals surface area (Å²) in [5.74, 6) is 0.849. The Morgan fingerprint density at radius 1 is 1.35 bits per heavy atom.